The number of fused-ring (bicyclic) bond motifs is 1. The predicted octanol–water partition coefficient (Wildman–Crippen LogP) is 4.09. The van der Waals surface area contributed by atoms with Gasteiger partial charge in [0.15, 0.2) is 0 Å². The van der Waals surface area contributed by atoms with E-state index in [1.54, 1.807) is 6.20 Å². The number of nitrogens with one attached hydrogen (secondary N) is 3. The van der Waals surface area contributed by atoms with Crippen molar-refractivity contribution in [1.29, 1.82) is 0 Å². The first kappa shape index (κ1) is 21.1. The Morgan fingerprint density at radius 1 is 0.931 bits per heavy atom. The first-order chi connectivity index (χ1) is 14.2. The van der Waals surface area contributed by atoms with Crippen LogP contribution in [0, 0.1) is 6.92 Å². The Morgan fingerprint density at radius 2 is 1.79 bits per heavy atom. The summed E-state index contributed by atoms with van der Waals surface area (Å²) in [5.74, 6) is 1.42. The molecular formula is C21H27ClN6O. The lowest BCUT2D eigenvalue weighted by Crippen LogP contribution is -2.15. The van der Waals surface area contributed by atoms with E-state index >= 15 is 0 Å². The molecule has 0 atom stereocenters. The van der Waals surface area contributed by atoms with E-state index in [2.05, 4.69) is 30.9 Å². The van der Waals surface area contributed by atoms with Gasteiger partial charge in [-0.25, -0.2) is 4.98 Å². The van der Waals surface area contributed by atoms with E-state index in [4.69, 9.17) is 16.7 Å². The molecular weight excluding hydrogens is 388 g/mol. The zero-order valence-electron chi connectivity index (χ0n) is 16.6. The van der Waals surface area contributed by atoms with Gasteiger partial charge in [0.2, 0.25) is 5.95 Å². The zero-order chi connectivity index (χ0) is 20.5. The van der Waals surface area contributed by atoms with Crippen LogP contribution in [0.3, 0.4) is 0 Å². The number of hydrogen-bond donors (Lipinski definition) is 4. The Bertz CT molecular complexity index is 936. The fraction of sp³-hybridized carbons (Fsp3) is 0.381. The monoisotopic (exact) mass is 414 g/mol. The van der Waals surface area contributed by atoms with Gasteiger partial charge in [0.25, 0.3) is 0 Å². The zero-order valence-corrected chi connectivity index (χ0v) is 17.3. The standard InChI is InChI=1S/C21H27ClN6O/c1-15-13-20(28-21(27-15)26-8-3-2-4-12-29)25-11-10-24-18-7-9-23-19-14-16(22)5-6-17(18)19/h5-7,9,13-14,29H,2-4,8,10-12H2,1H3,(H,23,24)(H2,25,26,27,28). The van der Waals surface area contributed by atoms with E-state index in [9.17, 15) is 0 Å². The highest BCUT2D eigenvalue weighted by molar-refractivity contribution is 6.31. The van der Waals surface area contributed by atoms with Gasteiger partial charge >= 0.3 is 0 Å². The van der Waals surface area contributed by atoms with Crippen LogP contribution >= 0.6 is 11.6 Å². The molecule has 0 spiro atoms. The molecule has 8 heteroatoms. The summed E-state index contributed by atoms with van der Waals surface area (Å²) >= 11 is 6.05. The highest BCUT2D eigenvalue weighted by Crippen LogP contribution is 2.24. The molecule has 0 amide bonds. The average Bonchev–Trinajstić information content (AvgIpc) is 2.70. The summed E-state index contributed by atoms with van der Waals surface area (Å²) < 4.78 is 0. The molecule has 0 aliphatic heterocycles. The van der Waals surface area contributed by atoms with Crippen LogP contribution in [-0.4, -0.2) is 46.3 Å². The summed E-state index contributed by atoms with van der Waals surface area (Å²) in [7, 11) is 0. The average molecular weight is 415 g/mol. The quantitative estimate of drug-likeness (QED) is 0.351. The van der Waals surface area contributed by atoms with E-state index in [1.165, 1.54) is 0 Å². The van der Waals surface area contributed by atoms with E-state index < -0.39 is 0 Å². The Kier molecular flexibility index (Phi) is 7.84. The van der Waals surface area contributed by atoms with Gasteiger partial charge in [0.1, 0.15) is 5.82 Å². The van der Waals surface area contributed by atoms with Crippen molar-refractivity contribution in [1.82, 2.24) is 15.0 Å². The molecule has 154 valence electrons. The molecule has 0 aliphatic carbocycles. The normalized spacial score (nSPS) is 10.9. The Hall–Kier alpha value is -2.64. The number of rotatable bonds is 11. The van der Waals surface area contributed by atoms with Crippen LogP contribution in [0.2, 0.25) is 5.02 Å². The van der Waals surface area contributed by atoms with Crippen molar-refractivity contribution in [2.24, 2.45) is 0 Å². The van der Waals surface area contributed by atoms with Gasteiger partial charge in [-0.3, -0.25) is 4.98 Å². The van der Waals surface area contributed by atoms with Crippen molar-refractivity contribution in [3.8, 4) is 0 Å². The Labute approximate surface area is 175 Å². The van der Waals surface area contributed by atoms with Gasteiger partial charge in [0, 0.05) is 60.3 Å². The molecule has 0 aliphatic rings. The van der Waals surface area contributed by atoms with Crippen LogP contribution in [0.5, 0.6) is 0 Å². The SMILES string of the molecule is Cc1cc(NCCNc2ccnc3cc(Cl)ccc23)nc(NCCCCCO)n1. The van der Waals surface area contributed by atoms with Crippen molar-refractivity contribution in [2.75, 3.05) is 42.2 Å². The molecule has 0 bridgehead atoms. The number of aromatic nitrogens is 3. The minimum absolute atomic E-state index is 0.242. The molecule has 0 unspecified atom stereocenters. The largest absolute Gasteiger partial charge is 0.396 e. The maximum absolute atomic E-state index is 8.83. The first-order valence-electron chi connectivity index (χ1n) is 9.88. The number of pyridine rings is 1. The lowest BCUT2D eigenvalue weighted by Gasteiger charge is -2.12. The molecule has 3 aromatic rings. The Balaban J connectivity index is 1.50. The second kappa shape index (κ2) is 10.8. The minimum Gasteiger partial charge on any atom is -0.396 e. The number of aliphatic hydroxyl groups excluding tert-OH is 1. The van der Waals surface area contributed by atoms with Gasteiger partial charge in [-0.1, -0.05) is 11.6 Å². The molecule has 29 heavy (non-hydrogen) atoms. The van der Waals surface area contributed by atoms with Crippen LogP contribution in [-0.2, 0) is 0 Å². The molecule has 0 saturated carbocycles. The lowest BCUT2D eigenvalue weighted by atomic mass is 10.2. The van der Waals surface area contributed by atoms with Gasteiger partial charge in [-0.15, -0.1) is 0 Å². The van der Waals surface area contributed by atoms with Gasteiger partial charge in [-0.05, 0) is 50.5 Å². The molecule has 0 radical (unpaired) electrons. The second-order valence-electron chi connectivity index (χ2n) is 6.80. The number of nitrogens with zero attached hydrogens (tertiary/aromatic N) is 3. The number of hydrogen-bond acceptors (Lipinski definition) is 7. The number of anilines is 3. The number of aryl methyl sites for hydroxylation is 1. The Morgan fingerprint density at radius 3 is 2.66 bits per heavy atom. The molecule has 4 N–H and O–H groups in total. The molecule has 7 nitrogen and oxygen atoms in total. The third kappa shape index (κ3) is 6.44. The van der Waals surface area contributed by atoms with Crippen LogP contribution in [0.15, 0.2) is 36.5 Å². The van der Waals surface area contributed by atoms with Crippen molar-refractivity contribution < 1.29 is 5.11 Å². The van der Waals surface area contributed by atoms with Crippen molar-refractivity contribution in [3.63, 3.8) is 0 Å². The summed E-state index contributed by atoms with van der Waals surface area (Å²) in [5.41, 5.74) is 2.81. The van der Waals surface area contributed by atoms with Crippen molar-refractivity contribution in [3.05, 3.63) is 47.2 Å². The van der Waals surface area contributed by atoms with Crippen LogP contribution in [0.4, 0.5) is 17.5 Å². The van der Waals surface area contributed by atoms with E-state index in [0.717, 1.165) is 60.5 Å². The van der Waals surface area contributed by atoms with Gasteiger partial charge in [0.05, 0.1) is 5.52 Å². The molecule has 2 aromatic heterocycles. The van der Waals surface area contributed by atoms with Gasteiger partial charge < -0.3 is 21.1 Å². The minimum atomic E-state index is 0.242. The number of aliphatic hydroxyl groups is 1. The first-order valence-corrected chi connectivity index (χ1v) is 10.3. The number of benzene rings is 1. The lowest BCUT2D eigenvalue weighted by molar-refractivity contribution is 0.283. The van der Waals surface area contributed by atoms with Crippen LogP contribution < -0.4 is 16.0 Å². The number of halogens is 1. The van der Waals surface area contributed by atoms with Crippen LogP contribution in [0.25, 0.3) is 10.9 Å². The maximum atomic E-state index is 8.83. The van der Waals surface area contributed by atoms with E-state index in [1.807, 2.05) is 37.3 Å². The third-order valence-corrected chi connectivity index (χ3v) is 4.66. The van der Waals surface area contributed by atoms with Crippen molar-refractivity contribution >= 4 is 40.0 Å². The van der Waals surface area contributed by atoms with E-state index in [-0.39, 0.29) is 6.61 Å². The van der Waals surface area contributed by atoms with E-state index in [0.29, 0.717) is 17.5 Å². The summed E-state index contributed by atoms with van der Waals surface area (Å²) in [5, 5.41) is 20.6. The molecule has 0 saturated heterocycles. The summed E-state index contributed by atoms with van der Waals surface area (Å²) in [6.07, 6.45) is 4.58. The third-order valence-electron chi connectivity index (χ3n) is 4.42. The smallest absolute Gasteiger partial charge is 0.224 e. The predicted molar refractivity (Wildman–Crippen MR) is 120 cm³/mol. The van der Waals surface area contributed by atoms with Gasteiger partial charge in [-0.2, -0.15) is 4.98 Å². The van der Waals surface area contributed by atoms with Crippen LogP contribution in [0.1, 0.15) is 25.0 Å². The molecule has 2 heterocycles. The summed E-state index contributed by atoms with van der Waals surface area (Å²) in [4.78, 5) is 13.3. The summed E-state index contributed by atoms with van der Waals surface area (Å²) in [6, 6.07) is 9.61. The highest BCUT2D eigenvalue weighted by Gasteiger charge is 2.04. The fourth-order valence-electron chi connectivity index (χ4n) is 3.02. The topological polar surface area (TPSA) is 95.0 Å². The second-order valence-corrected chi connectivity index (χ2v) is 7.24. The maximum Gasteiger partial charge on any atom is 0.224 e. The van der Waals surface area contributed by atoms with Crippen molar-refractivity contribution in [2.45, 2.75) is 26.2 Å². The summed E-state index contributed by atoms with van der Waals surface area (Å²) in [6.45, 7) is 4.43. The number of unbranched alkanes of at least 4 members (excludes halogenated alkanes) is 2. The highest BCUT2D eigenvalue weighted by atomic mass is 35.5. The molecule has 1 aromatic carbocycles. The molecule has 3 rings (SSSR count). The molecule has 0 fully saturated rings. The fourth-order valence-corrected chi connectivity index (χ4v) is 3.18.